The Morgan fingerprint density at radius 1 is 1.35 bits per heavy atom. The number of carbonyl (C=O) groups excluding carboxylic acids is 1. The minimum atomic E-state index is 0.171. The van der Waals surface area contributed by atoms with E-state index in [1.54, 1.807) is 0 Å². The summed E-state index contributed by atoms with van der Waals surface area (Å²) in [6, 6.07) is 0.337. The van der Waals surface area contributed by atoms with E-state index in [9.17, 15) is 4.79 Å². The van der Waals surface area contributed by atoms with Crippen molar-refractivity contribution >= 4 is 5.91 Å². The molecule has 4 nitrogen and oxygen atoms in total. The first kappa shape index (κ1) is 14.5. The number of likely N-dealkylation sites (tertiary alicyclic amines) is 1. The van der Waals surface area contributed by atoms with Crippen LogP contribution in [-0.4, -0.2) is 43.0 Å². The number of rotatable bonds is 6. The molecule has 1 fully saturated rings. The van der Waals surface area contributed by atoms with Crippen LogP contribution in [0, 0.1) is 5.92 Å². The van der Waals surface area contributed by atoms with Crippen molar-refractivity contribution in [1.82, 2.24) is 10.2 Å². The topological polar surface area (TPSA) is 58.4 Å². The molecule has 0 aromatic rings. The summed E-state index contributed by atoms with van der Waals surface area (Å²) in [4.78, 5) is 14.1. The normalized spacial score (nSPS) is 18.6. The number of nitrogens with two attached hydrogens (primary N) is 1. The molecule has 1 aliphatic heterocycles. The predicted molar refractivity (Wildman–Crippen MR) is 70.7 cm³/mol. The van der Waals surface area contributed by atoms with Gasteiger partial charge in [0.25, 0.3) is 0 Å². The van der Waals surface area contributed by atoms with Crippen LogP contribution in [0.1, 0.15) is 39.5 Å². The molecule has 0 aliphatic carbocycles. The molecular weight excluding hydrogens is 214 g/mol. The van der Waals surface area contributed by atoms with Gasteiger partial charge in [-0.05, 0) is 51.2 Å². The lowest BCUT2D eigenvalue weighted by Crippen LogP contribution is -2.45. The van der Waals surface area contributed by atoms with Crippen LogP contribution in [0.4, 0.5) is 0 Å². The van der Waals surface area contributed by atoms with E-state index in [0.29, 0.717) is 18.5 Å². The van der Waals surface area contributed by atoms with Gasteiger partial charge in [-0.15, -0.1) is 0 Å². The van der Waals surface area contributed by atoms with Crippen LogP contribution >= 0.6 is 0 Å². The summed E-state index contributed by atoms with van der Waals surface area (Å²) in [6.45, 7) is 7.58. The zero-order valence-electron chi connectivity index (χ0n) is 11.2. The Morgan fingerprint density at radius 2 is 1.94 bits per heavy atom. The molecule has 3 N–H and O–H groups in total. The van der Waals surface area contributed by atoms with Gasteiger partial charge < -0.3 is 11.1 Å². The maximum absolute atomic E-state index is 11.8. The van der Waals surface area contributed by atoms with Crippen molar-refractivity contribution in [2.75, 3.05) is 26.2 Å². The summed E-state index contributed by atoms with van der Waals surface area (Å²) in [5.41, 5.74) is 5.65. The van der Waals surface area contributed by atoms with Crippen LogP contribution in [0.3, 0.4) is 0 Å². The smallest absolute Gasteiger partial charge is 0.234 e. The highest BCUT2D eigenvalue weighted by Gasteiger charge is 2.20. The van der Waals surface area contributed by atoms with E-state index in [4.69, 9.17) is 5.73 Å². The quantitative estimate of drug-likeness (QED) is 0.728. The molecule has 1 heterocycles. The van der Waals surface area contributed by atoms with Crippen LogP contribution in [-0.2, 0) is 4.79 Å². The molecule has 0 saturated carbocycles. The molecule has 1 amide bonds. The number of carbonyl (C=O) groups is 1. The molecule has 0 unspecified atom stereocenters. The lowest BCUT2D eigenvalue weighted by atomic mass is 9.97. The molecule has 4 heteroatoms. The van der Waals surface area contributed by atoms with Gasteiger partial charge in [-0.1, -0.05) is 13.8 Å². The van der Waals surface area contributed by atoms with Crippen molar-refractivity contribution in [2.24, 2.45) is 11.7 Å². The Balaban J connectivity index is 2.23. The van der Waals surface area contributed by atoms with E-state index in [2.05, 4.69) is 24.1 Å². The van der Waals surface area contributed by atoms with Gasteiger partial charge in [0, 0.05) is 6.04 Å². The van der Waals surface area contributed by atoms with Crippen LogP contribution < -0.4 is 11.1 Å². The van der Waals surface area contributed by atoms with Gasteiger partial charge in [-0.25, -0.2) is 0 Å². The fraction of sp³-hybridized carbons (Fsp3) is 0.923. The van der Waals surface area contributed by atoms with Crippen molar-refractivity contribution in [3.05, 3.63) is 0 Å². The fourth-order valence-electron chi connectivity index (χ4n) is 2.35. The first-order chi connectivity index (χ1) is 8.19. The van der Waals surface area contributed by atoms with Crippen LogP contribution in [0.25, 0.3) is 0 Å². The average Bonchev–Trinajstić information content (AvgIpc) is 2.37. The zero-order chi connectivity index (χ0) is 12.7. The van der Waals surface area contributed by atoms with Gasteiger partial charge in [0.15, 0.2) is 0 Å². The number of nitrogens with one attached hydrogen (secondary N) is 1. The third-order valence-electron chi connectivity index (χ3n) is 3.76. The Kier molecular flexibility index (Phi) is 6.52. The molecule has 0 aromatic carbocycles. The molecule has 1 aliphatic rings. The van der Waals surface area contributed by atoms with Gasteiger partial charge in [0.1, 0.15) is 0 Å². The first-order valence-corrected chi connectivity index (χ1v) is 6.91. The van der Waals surface area contributed by atoms with E-state index in [1.807, 2.05) is 0 Å². The number of amides is 1. The highest BCUT2D eigenvalue weighted by molar-refractivity contribution is 5.78. The van der Waals surface area contributed by atoms with Crippen molar-refractivity contribution < 1.29 is 4.79 Å². The lowest BCUT2D eigenvalue weighted by molar-refractivity contribution is -0.123. The van der Waals surface area contributed by atoms with Crippen LogP contribution in [0.15, 0.2) is 0 Å². The van der Waals surface area contributed by atoms with E-state index < -0.39 is 0 Å². The van der Waals surface area contributed by atoms with E-state index in [-0.39, 0.29) is 5.91 Å². The second kappa shape index (κ2) is 7.67. The highest BCUT2D eigenvalue weighted by Crippen LogP contribution is 2.15. The molecule has 1 rings (SSSR count). The summed E-state index contributed by atoms with van der Waals surface area (Å²) < 4.78 is 0. The summed E-state index contributed by atoms with van der Waals surface area (Å²) in [5, 5.41) is 3.08. The van der Waals surface area contributed by atoms with Crippen molar-refractivity contribution in [3.8, 4) is 0 Å². The Labute approximate surface area is 105 Å². The molecular formula is C13H27N3O. The second-order valence-electron chi connectivity index (χ2n) is 5.04. The highest BCUT2D eigenvalue weighted by atomic mass is 16.2. The molecule has 0 radical (unpaired) electrons. The van der Waals surface area contributed by atoms with Crippen molar-refractivity contribution in [1.29, 1.82) is 0 Å². The number of piperidine rings is 1. The second-order valence-corrected chi connectivity index (χ2v) is 5.04. The van der Waals surface area contributed by atoms with E-state index in [1.165, 1.54) is 0 Å². The van der Waals surface area contributed by atoms with Crippen molar-refractivity contribution in [3.63, 3.8) is 0 Å². The monoisotopic (exact) mass is 241 g/mol. The SMILES string of the molecule is CCC(CC)NC(=O)CN1CCC(CN)CC1. The molecule has 1 saturated heterocycles. The summed E-state index contributed by atoms with van der Waals surface area (Å²) in [6.07, 6.45) is 4.29. The Bertz CT molecular complexity index is 221. The first-order valence-electron chi connectivity index (χ1n) is 6.91. The molecule has 0 atom stereocenters. The van der Waals surface area contributed by atoms with Gasteiger partial charge in [-0.3, -0.25) is 9.69 Å². The van der Waals surface area contributed by atoms with E-state index in [0.717, 1.165) is 45.3 Å². The van der Waals surface area contributed by atoms with Gasteiger partial charge in [0.05, 0.1) is 6.54 Å². The maximum atomic E-state index is 11.8. The van der Waals surface area contributed by atoms with E-state index >= 15 is 0 Å². The van der Waals surface area contributed by atoms with Gasteiger partial charge >= 0.3 is 0 Å². The van der Waals surface area contributed by atoms with Crippen LogP contribution in [0.2, 0.25) is 0 Å². The number of nitrogens with zero attached hydrogens (tertiary/aromatic N) is 1. The number of hydrogen-bond acceptors (Lipinski definition) is 3. The standard InChI is InChI=1S/C13H27N3O/c1-3-12(4-2)15-13(17)10-16-7-5-11(9-14)6-8-16/h11-12H,3-10,14H2,1-2H3,(H,15,17). The third-order valence-corrected chi connectivity index (χ3v) is 3.76. The minimum Gasteiger partial charge on any atom is -0.352 e. The predicted octanol–water partition coefficient (Wildman–Crippen LogP) is 0.962. The average molecular weight is 241 g/mol. The minimum absolute atomic E-state index is 0.171. The third kappa shape index (κ3) is 5.04. The summed E-state index contributed by atoms with van der Waals surface area (Å²) in [7, 11) is 0. The summed E-state index contributed by atoms with van der Waals surface area (Å²) >= 11 is 0. The Morgan fingerprint density at radius 3 is 2.41 bits per heavy atom. The lowest BCUT2D eigenvalue weighted by Gasteiger charge is -2.31. The largest absolute Gasteiger partial charge is 0.352 e. The molecule has 17 heavy (non-hydrogen) atoms. The Hall–Kier alpha value is -0.610. The van der Waals surface area contributed by atoms with Gasteiger partial charge in [-0.2, -0.15) is 0 Å². The zero-order valence-corrected chi connectivity index (χ0v) is 11.2. The molecule has 0 aromatic heterocycles. The van der Waals surface area contributed by atoms with Crippen molar-refractivity contribution in [2.45, 2.75) is 45.6 Å². The number of hydrogen-bond donors (Lipinski definition) is 2. The maximum Gasteiger partial charge on any atom is 0.234 e. The van der Waals surface area contributed by atoms with Gasteiger partial charge in [0.2, 0.25) is 5.91 Å². The van der Waals surface area contributed by atoms with Crippen LogP contribution in [0.5, 0.6) is 0 Å². The summed E-state index contributed by atoms with van der Waals surface area (Å²) in [5.74, 6) is 0.832. The molecule has 0 spiro atoms. The molecule has 100 valence electrons. The molecule has 0 bridgehead atoms. The fourth-order valence-corrected chi connectivity index (χ4v) is 2.35.